The molecule has 1 atom stereocenters. The zero-order chi connectivity index (χ0) is 23.0. The number of nitriles is 1. The summed E-state index contributed by atoms with van der Waals surface area (Å²) in [7, 11) is 0. The summed E-state index contributed by atoms with van der Waals surface area (Å²) in [5, 5.41) is 22.5. The molecule has 1 aliphatic heterocycles. The molecule has 8 nitrogen and oxygen atoms in total. The number of nitro benzene ring substituents is 1. The molecular weight excluding hydrogens is 428 g/mol. The third kappa shape index (κ3) is 3.46. The number of nitrogens with zero attached hydrogens (tertiary/aromatic N) is 3. The second-order valence-electron chi connectivity index (χ2n) is 7.59. The van der Waals surface area contributed by atoms with E-state index in [1.54, 1.807) is 18.2 Å². The molecule has 0 fully saturated rings. The van der Waals surface area contributed by atoms with Crippen LogP contribution in [0.3, 0.4) is 0 Å². The molecular formula is C23H22N4O4S. The van der Waals surface area contributed by atoms with Crippen molar-refractivity contribution in [1.82, 2.24) is 0 Å². The van der Waals surface area contributed by atoms with Crippen LogP contribution < -0.4 is 10.6 Å². The Balaban J connectivity index is 2.01. The van der Waals surface area contributed by atoms with Crippen LogP contribution in [0.4, 0.5) is 11.4 Å². The Morgan fingerprint density at radius 3 is 2.81 bits per heavy atom. The lowest BCUT2D eigenvalue weighted by Crippen LogP contribution is -2.39. The summed E-state index contributed by atoms with van der Waals surface area (Å²) in [6.07, 6.45) is 1.49. The van der Waals surface area contributed by atoms with Gasteiger partial charge in [-0.1, -0.05) is 30.8 Å². The summed E-state index contributed by atoms with van der Waals surface area (Å²) in [5.41, 5.74) is 8.64. The van der Waals surface area contributed by atoms with Crippen LogP contribution in [-0.4, -0.2) is 16.5 Å². The van der Waals surface area contributed by atoms with E-state index in [-0.39, 0.29) is 28.6 Å². The van der Waals surface area contributed by atoms with Crippen molar-refractivity contribution >= 4 is 28.9 Å². The number of nitro groups is 1. The molecule has 2 aliphatic rings. The number of hydrogen-bond donors (Lipinski definition) is 1. The molecule has 2 heterocycles. The number of hydrogen-bond acceptors (Lipinski definition) is 8. The maximum Gasteiger partial charge on any atom is 0.293 e. The average Bonchev–Trinajstić information content (AvgIpc) is 3.13. The number of nitrogens with two attached hydrogens (primary N) is 1. The first kappa shape index (κ1) is 21.7. The fraction of sp³-hybridized carbons (Fsp3) is 0.304. The van der Waals surface area contributed by atoms with Crippen molar-refractivity contribution in [2.75, 3.05) is 10.7 Å². The van der Waals surface area contributed by atoms with Gasteiger partial charge in [0.15, 0.2) is 10.9 Å². The fourth-order valence-corrected chi connectivity index (χ4v) is 5.23. The van der Waals surface area contributed by atoms with Gasteiger partial charge in [0.05, 0.1) is 22.5 Å². The Morgan fingerprint density at radius 2 is 2.12 bits per heavy atom. The minimum Gasteiger partial charge on any atom is -0.455 e. The number of Topliss-reactive ketones (excluding diaryl/α,β-unsaturated/α-hetero) is 1. The number of para-hydroxylation sites is 2. The lowest BCUT2D eigenvalue weighted by molar-refractivity contribution is -0.384. The molecule has 0 saturated carbocycles. The molecule has 1 unspecified atom stereocenters. The van der Waals surface area contributed by atoms with E-state index in [0.29, 0.717) is 41.4 Å². The molecule has 1 aromatic carbocycles. The van der Waals surface area contributed by atoms with Crippen molar-refractivity contribution in [3.8, 4) is 6.07 Å². The van der Waals surface area contributed by atoms with Gasteiger partial charge in [-0.3, -0.25) is 19.8 Å². The Morgan fingerprint density at radius 1 is 1.38 bits per heavy atom. The summed E-state index contributed by atoms with van der Waals surface area (Å²) in [5.74, 6) is 0.806. The Kier molecular flexibility index (Phi) is 5.80. The highest BCUT2D eigenvalue weighted by molar-refractivity contribution is 7.99. The van der Waals surface area contributed by atoms with Crippen molar-refractivity contribution in [1.29, 1.82) is 5.26 Å². The number of aryl methyl sites for hydroxylation is 1. The van der Waals surface area contributed by atoms with Crippen molar-refractivity contribution < 1.29 is 14.1 Å². The zero-order valence-corrected chi connectivity index (χ0v) is 18.6. The highest BCUT2D eigenvalue weighted by atomic mass is 32.2. The number of allylic oxidation sites excluding steroid dienone is 3. The van der Waals surface area contributed by atoms with E-state index in [1.807, 2.05) is 19.9 Å². The van der Waals surface area contributed by atoms with E-state index >= 15 is 0 Å². The Hall–Kier alpha value is -3.51. The second-order valence-corrected chi connectivity index (χ2v) is 8.83. The molecule has 0 saturated heterocycles. The number of furan rings is 1. The van der Waals surface area contributed by atoms with Crippen molar-refractivity contribution in [2.45, 2.75) is 44.1 Å². The van der Waals surface area contributed by atoms with E-state index in [4.69, 9.17) is 10.2 Å². The molecule has 0 radical (unpaired) electrons. The molecule has 1 aliphatic carbocycles. The molecule has 0 amide bonds. The quantitative estimate of drug-likeness (QED) is 0.387. The maximum absolute atomic E-state index is 13.2. The molecule has 4 rings (SSSR count). The van der Waals surface area contributed by atoms with Gasteiger partial charge in [0, 0.05) is 29.3 Å². The summed E-state index contributed by atoms with van der Waals surface area (Å²) >= 11 is 1.50. The van der Waals surface area contributed by atoms with Crippen LogP contribution in [0.5, 0.6) is 0 Å². The first-order valence-corrected chi connectivity index (χ1v) is 11.3. The van der Waals surface area contributed by atoms with Crippen LogP contribution in [-0.2, 0) is 4.79 Å². The number of rotatable bonds is 5. The summed E-state index contributed by atoms with van der Waals surface area (Å²) < 4.78 is 5.87. The largest absolute Gasteiger partial charge is 0.455 e. The van der Waals surface area contributed by atoms with E-state index < -0.39 is 10.8 Å². The minimum atomic E-state index is -0.659. The molecule has 0 bridgehead atoms. The van der Waals surface area contributed by atoms with Gasteiger partial charge in [0.2, 0.25) is 0 Å². The van der Waals surface area contributed by atoms with Crippen molar-refractivity contribution in [3.05, 3.63) is 74.4 Å². The summed E-state index contributed by atoms with van der Waals surface area (Å²) in [4.78, 5) is 26.0. The first-order chi connectivity index (χ1) is 15.4. The highest BCUT2D eigenvalue weighted by Crippen LogP contribution is 2.49. The van der Waals surface area contributed by atoms with Gasteiger partial charge in [-0.05, 0) is 37.7 Å². The molecule has 0 spiro atoms. The lowest BCUT2D eigenvalue weighted by atomic mass is 9.76. The summed E-state index contributed by atoms with van der Waals surface area (Å²) in [6.45, 7) is 3.82. The second kappa shape index (κ2) is 8.55. The van der Waals surface area contributed by atoms with E-state index in [9.17, 15) is 20.2 Å². The van der Waals surface area contributed by atoms with Gasteiger partial charge in [0.1, 0.15) is 17.3 Å². The van der Waals surface area contributed by atoms with Gasteiger partial charge in [-0.15, -0.1) is 0 Å². The smallest absolute Gasteiger partial charge is 0.293 e. The SMILES string of the molecule is CCSc1oc(C)cc1C1C(C#N)=C(N)N(c2ccccc2[N+](=O)[O-])C2=C1C(=O)CCC2. The van der Waals surface area contributed by atoms with E-state index in [2.05, 4.69) is 6.07 Å². The third-order valence-corrected chi connectivity index (χ3v) is 6.54. The minimum absolute atomic E-state index is 0.0774. The lowest BCUT2D eigenvalue weighted by Gasteiger charge is -2.39. The molecule has 2 aromatic rings. The van der Waals surface area contributed by atoms with Crippen LogP contribution in [0.15, 0.2) is 62.5 Å². The molecule has 9 heteroatoms. The van der Waals surface area contributed by atoms with Crippen LogP contribution in [0.25, 0.3) is 0 Å². The Bertz CT molecular complexity index is 1220. The number of anilines is 1. The third-order valence-electron chi connectivity index (χ3n) is 5.67. The van der Waals surface area contributed by atoms with Gasteiger partial charge in [0.25, 0.3) is 5.69 Å². The first-order valence-electron chi connectivity index (χ1n) is 10.3. The standard InChI is InChI=1S/C23H22N4O4S/c1-3-32-23-14(11-13(2)31-23)20-15(12-24)22(25)26(18-9-6-10-19(28)21(18)20)16-7-4-5-8-17(16)27(29)30/h4-5,7-8,11,20H,3,6,9-10,25H2,1-2H3. The van der Waals surface area contributed by atoms with Gasteiger partial charge >= 0.3 is 0 Å². The molecule has 164 valence electrons. The number of thioether (sulfide) groups is 1. The normalized spacial score (nSPS) is 18.6. The zero-order valence-electron chi connectivity index (χ0n) is 17.8. The van der Waals surface area contributed by atoms with Gasteiger partial charge < -0.3 is 10.2 Å². The molecule has 2 N–H and O–H groups in total. The Labute approximate surface area is 189 Å². The molecule has 32 heavy (non-hydrogen) atoms. The number of carbonyl (C=O) groups excluding carboxylic acids is 1. The summed E-state index contributed by atoms with van der Waals surface area (Å²) in [6, 6.07) is 10.3. The van der Waals surface area contributed by atoms with Crippen LogP contribution in [0, 0.1) is 28.4 Å². The number of ketones is 1. The number of carbonyl (C=O) groups is 1. The molecule has 1 aromatic heterocycles. The van der Waals surface area contributed by atoms with Gasteiger partial charge in [-0.25, -0.2) is 0 Å². The fourth-order valence-electron chi connectivity index (χ4n) is 4.44. The highest BCUT2D eigenvalue weighted by Gasteiger charge is 2.43. The monoisotopic (exact) mass is 450 g/mol. The van der Waals surface area contributed by atoms with Crippen LogP contribution in [0.2, 0.25) is 0 Å². The predicted octanol–water partition coefficient (Wildman–Crippen LogP) is 4.91. The number of benzene rings is 1. The van der Waals surface area contributed by atoms with Crippen molar-refractivity contribution in [3.63, 3.8) is 0 Å². The van der Waals surface area contributed by atoms with Crippen molar-refractivity contribution in [2.24, 2.45) is 5.73 Å². The topological polar surface area (TPSA) is 126 Å². The maximum atomic E-state index is 13.2. The predicted molar refractivity (Wildman–Crippen MR) is 121 cm³/mol. The van der Waals surface area contributed by atoms with Crippen LogP contribution in [0.1, 0.15) is 43.4 Å². The van der Waals surface area contributed by atoms with Gasteiger partial charge in [-0.2, -0.15) is 5.26 Å². The van der Waals surface area contributed by atoms with Crippen LogP contribution >= 0.6 is 11.8 Å². The van der Waals surface area contributed by atoms with E-state index in [0.717, 1.165) is 11.3 Å². The average molecular weight is 451 g/mol. The van der Waals surface area contributed by atoms with E-state index in [1.165, 1.54) is 22.7 Å².